The smallest absolute Gasteiger partial charge is 0.339 e. The molecule has 0 saturated carbocycles. The maximum Gasteiger partial charge on any atom is 0.339 e. The van der Waals surface area contributed by atoms with Gasteiger partial charge in [-0.1, -0.05) is 30.3 Å². The summed E-state index contributed by atoms with van der Waals surface area (Å²) in [7, 11) is 0. The van der Waals surface area contributed by atoms with Gasteiger partial charge in [0.15, 0.2) is 0 Å². The molecule has 6 heteroatoms. The molecule has 2 heterocycles. The molecule has 150 valence electrons. The summed E-state index contributed by atoms with van der Waals surface area (Å²) in [6, 6.07) is 16.7. The normalized spacial score (nSPS) is 10.9. The zero-order valence-corrected chi connectivity index (χ0v) is 17.4. The van der Waals surface area contributed by atoms with Crippen molar-refractivity contribution in [3.05, 3.63) is 88.3 Å². The molecule has 5 nitrogen and oxygen atoms in total. The Hall–Kier alpha value is -3.51. The van der Waals surface area contributed by atoms with E-state index in [1.807, 2.05) is 50.4 Å². The van der Waals surface area contributed by atoms with Gasteiger partial charge in [-0.25, -0.2) is 9.78 Å². The molecule has 2 aromatic carbocycles. The SMILES string of the molecule is Cc1ccc(Cc2nc(C)c(-c3cccc(-c4ccc(C(=O)O)c(O)c4)c3)s2)cn1. The number of nitrogens with zero attached hydrogens (tertiary/aromatic N) is 2. The van der Waals surface area contributed by atoms with Crippen molar-refractivity contribution in [1.82, 2.24) is 9.97 Å². The van der Waals surface area contributed by atoms with Gasteiger partial charge in [-0.2, -0.15) is 0 Å². The largest absolute Gasteiger partial charge is 0.507 e. The van der Waals surface area contributed by atoms with E-state index in [9.17, 15) is 9.90 Å². The number of benzene rings is 2. The number of carbonyl (C=O) groups is 1. The number of phenols is 1. The van der Waals surface area contributed by atoms with Crippen LogP contribution in [0.5, 0.6) is 5.75 Å². The van der Waals surface area contributed by atoms with Gasteiger partial charge in [-0.05, 0) is 60.4 Å². The molecule has 0 aliphatic carbocycles. The molecule has 30 heavy (non-hydrogen) atoms. The molecular weight excluding hydrogens is 396 g/mol. The maximum absolute atomic E-state index is 11.1. The third kappa shape index (κ3) is 4.09. The number of hydrogen-bond donors (Lipinski definition) is 2. The number of pyridine rings is 1. The summed E-state index contributed by atoms with van der Waals surface area (Å²) < 4.78 is 0. The number of hydrogen-bond acceptors (Lipinski definition) is 5. The highest BCUT2D eigenvalue weighted by Crippen LogP contribution is 2.34. The lowest BCUT2D eigenvalue weighted by molar-refractivity contribution is 0.0694. The molecule has 4 aromatic rings. The van der Waals surface area contributed by atoms with Crippen molar-refractivity contribution in [2.24, 2.45) is 0 Å². The Balaban J connectivity index is 1.64. The van der Waals surface area contributed by atoms with Crippen LogP contribution in [0, 0.1) is 13.8 Å². The van der Waals surface area contributed by atoms with Crippen LogP contribution in [0.25, 0.3) is 21.6 Å². The Morgan fingerprint density at radius 2 is 1.77 bits per heavy atom. The van der Waals surface area contributed by atoms with Crippen LogP contribution in [0.1, 0.15) is 32.3 Å². The maximum atomic E-state index is 11.1. The molecule has 0 spiro atoms. The van der Waals surface area contributed by atoms with E-state index in [0.29, 0.717) is 0 Å². The van der Waals surface area contributed by atoms with Crippen LogP contribution in [0.2, 0.25) is 0 Å². The highest BCUT2D eigenvalue weighted by Gasteiger charge is 2.13. The van der Waals surface area contributed by atoms with Crippen LogP contribution in [-0.4, -0.2) is 26.2 Å². The Kier molecular flexibility index (Phi) is 5.33. The fourth-order valence-corrected chi connectivity index (χ4v) is 4.40. The summed E-state index contributed by atoms with van der Waals surface area (Å²) in [5, 5.41) is 20.2. The van der Waals surface area contributed by atoms with E-state index in [-0.39, 0.29) is 11.3 Å². The lowest BCUT2D eigenvalue weighted by atomic mass is 10.0. The first kappa shape index (κ1) is 19.8. The molecule has 0 atom stereocenters. The lowest BCUT2D eigenvalue weighted by Gasteiger charge is -2.07. The molecule has 0 unspecified atom stereocenters. The minimum Gasteiger partial charge on any atom is -0.507 e. The van der Waals surface area contributed by atoms with Gasteiger partial charge in [0.1, 0.15) is 11.3 Å². The van der Waals surface area contributed by atoms with Gasteiger partial charge in [0.2, 0.25) is 0 Å². The first-order valence-electron chi connectivity index (χ1n) is 9.45. The quantitative estimate of drug-likeness (QED) is 0.450. The molecule has 0 aliphatic rings. The van der Waals surface area contributed by atoms with Crippen LogP contribution in [0.4, 0.5) is 0 Å². The van der Waals surface area contributed by atoms with E-state index >= 15 is 0 Å². The van der Waals surface area contributed by atoms with Gasteiger partial charge in [-0.3, -0.25) is 4.98 Å². The molecule has 2 N–H and O–H groups in total. The summed E-state index contributed by atoms with van der Waals surface area (Å²) in [6.45, 7) is 3.97. The summed E-state index contributed by atoms with van der Waals surface area (Å²) in [5.74, 6) is -1.39. The Bertz CT molecular complexity index is 1230. The Labute approximate surface area is 178 Å². The third-order valence-electron chi connectivity index (χ3n) is 4.86. The number of aryl methyl sites for hydroxylation is 2. The van der Waals surface area contributed by atoms with Gasteiger partial charge < -0.3 is 10.2 Å². The molecular formula is C24H20N2O3S. The zero-order chi connectivity index (χ0) is 21.3. The molecule has 0 amide bonds. The van der Waals surface area contributed by atoms with Crippen LogP contribution < -0.4 is 0 Å². The predicted molar refractivity (Wildman–Crippen MR) is 118 cm³/mol. The summed E-state index contributed by atoms with van der Waals surface area (Å²) >= 11 is 1.66. The van der Waals surface area contributed by atoms with Crippen molar-refractivity contribution in [3.63, 3.8) is 0 Å². The average Bonchev–Trinajstić information content (AvgIpc) is 3.09. The van der Waals surface area contributed by atoms with E-state index in [1.54, 1.807) is 17.4 Å². The Morgan fingerprint density at radius 3 is 2.47 bits per heavy atom. The van der Waals surface area contributed by atoms with Gasteiger partial charge >= 0.3 is 5.97 Å². The number of carboxylic acid groups (broad SMARTS) is 1. The van der Waals surface area contributed by atoms with Gasteiger partial charge in [0.25, 0.3) is 0 Å². The van der Waals surface area contributed by atoms with Gasteiger partial charge in [0, 0.05) is 18.3 Å². The molecule has 2 aromatic heterocycles. The standard InChI is InChI=1S/C24H20N2O3S/c1-14-6-7-16(13-25-14)10-22-26-15(2)23(30-22)19-5-3-4-17(11-19)18-8-9-20(24(28)29)21(27)12-18/h3-9,11-13,27H,10H2,1-2H3,(H,28,29). The lowest BCUT2D eigenvalue weighted by Crippen LogP contribution is -1.96. The second kappa shape index (κ2) is 8.08. The van der Waals surface area contributed by atoms with Crippen molar-refractivity contribution in [1.29, 1.82) is 0 Å². The van der Waals surface area contributed by atoms with Crippen molar-refractivity contribution in [2.75, 3.05) is 0 Å². The van der Waals surface area contributed by atoms with E-state index in [0.717, 1.165) is 49.9 Å². The minimum atomic E-state index is -1.15. The highest BCUT2D eigenvalue weighted by molar-refractivity contribution is 7.15. The van der Waals surface area contributed by atoms with Crippen molar-refractivity contribution >= 4 is 17.3 Å². The van der Waals surface area contributed by atoms with Crippen molar-refractivity contribution < 1.29 is 15.0 Å². The third-order valence-corrected chi connectivity index (χ3v) is 6.06. The summed E-state index contributed by atoms with van der Waals surface area (Å²) in [5.41, 5.74) is 5.68. The predicted octanol–water partition coefficient (Wildman–Crippen LogP) is 5.48. The fraction of sp³-hybridized carbons (Fsp3) is 0.125. The highest BCUT2D eigenvalue weighted by atomic mass is 32.1. The average molecular weight is 417 g/mol. The number of aromatic nitrogens is 2. The molecule has 0 bridgehead atoms. The molecule has 0 saturated heterocycles. The van der Waals surface area contributed by atoms with Crippen LogP contribution in [0.3, 0.4) is 0 Å². The van der Waals surface area contributed by atoms with E-state index in [2.05, 4.69) is 11.1 Å². The van der Waals surface area contributed by atoms with Crippen molar-refractivity contribution in [2.45, 2.75) is 20.3 Å². The molecule has 4 rings (SSSR count). The number of aromatic hydroxyl groups is 1. The van der Waals surface area contributed by atoms with Crippen molar-refractivity contribution in [3.8, 4) is 27.3 Å². The number of aromatic carboxylic acids is 1. The fourth-order valence-electron chi connectivity index (χ4n) is 3.31. The van der Waals surface area contributed by atoms with Crippen LogP contribution >= 0.6 is 11.3 Å². The van der Waals surface area contributed by atoms with Crippen LogP contribution in [0.15, 0.2) is 60.8 Å². The molecule has 0 aliphatic heterocycles. The number of carboxylic acids is 1. The first-order valence-corrected chi connectivity index (χ1v) is 10.3. The van der Waals surface area contributed by atoms with Gasteiger partial charge in [-0.15, -0.1) is 11.3 Å². The topological polar surface area (TPSA) is 83.3 Å². The Morgan fingerprint density at radius 1 is 1.00 bits per heavy atom. The molecule has 0 radical (unpaired) electrons. The van der Waals surface area contributed by atoms with E-state index < -0.39 is 5.97 Å². The van der Waals surface area contributed by atoms with E-state index in [1.165, 1.54) is 12.1 Å². The number of thiazole rings is 1. The second-order valence-electron chi connectivity index (χ2n) is 7.12. The zero-order valence-electron chi connectivity index (χ0n) is 16.6. The first-order chi connectivity index (χ1) is 14.4. The monoisotopic (exact) mass is 416 g/mol. The minimum absolute atomic E-state index is 0.108. The van der Waals surface area contributed by atoms with Gasteiger partial charge in [0.05, 0.1) is 15.6 Å². The number of rotatable bonds is 5. The van der Waals surface area contributed by atoms with E-state index in [4.69, 9.17) is 10.1 Å². The second-order valence-corrected chi connectivity index (χ2v) is 8.21. The van der Waals surface area contributed by atoms with Crippen LogP contribution in [-0.2, 0) is 6.42 Å². The summed E-state index contributed by atoms with van der Waals surface area (Å²) in [4.78, 5) is 21.3. The summed E-state index contributed by atoms with van der Waals surface area (Å²) in [6.07, 6.45) is 2.63. The molecule has 0 fully saturated rings.